The maximum Gasteiger partial charge on any atom is 0.276 e. The Morgan fingerprint density at radius 1 is 0.731 bits per heavy atom. The van der Waals surface area contributed by atoms with Crippen molar-refractivity contribution in [3.05, 3.63) is 94.6 Å². The highest BCUT2D eigenvalue weighted by molar-refractivity contribution is 6.13. The van der Waals surface area contributed by atoms with Gasteiger partial charge in [-0.05, 0) is 96.3 Å². The smallest absolute Gasteiger partial charge is 0.276 e. The Hall–Kier alpha value is -9.20. The van der Waals surface area contributed by atoms with Crippen LogP contribution in [-0.4, -0.2) is 142 Å². The van der Waals surface area contributed by atoms with E-state index in [1.165, 1.54) is 36.3 Å². The minimum atomic E-state index is -0.906. The molecule has 6 aromatic rings. The van der Waals surface area contributed by atoms with E-state index >= 15 is 0 Å². The molecule has 4 aromatic heterocycles. The van der Waals surface area contributed by atoms with Gasteiger partial charge in [-0.2, -0.15) is 10.2 Å². The van der Waals surface area contributed by atoms with Gasteiger partial charge in [0, 0.05) is 76.0 Å². The molecule has 0 aliphatic carbocycles. The fraction of sp³-hybridized carbons (Fsp3) is 0.385. The van der Waals surface area contributed by atoms with Crippen LogP contribution in [0.1, 0.15) is 99.0 Å². The van der Waals surface area contributed by atoms with Crippen LogP contribution in [0, 0.1) is 13.8 Å². The molecule has 0 saturated carbocycles. The van der Waals surface area contributed by atoms with E-state index in [0.29, 0.717) is 72.5 Å². The summed E-state index contributed by atoms with van der Waals surface area (Å²) in [5, 5.41) is 17.4. The summed E-state index contributed by atoms with van der Waals surface area (Å²) in [6, 6.07) is 8.33. The first kappa shape index (κ1) is 56.5. The molecule has 1 aliphatic heterocycles. The lowest BCUT2D eigenvalue weighted by atomic mass is 10.1. The van der Waals surface area contributed by atoms with E-state index in [2.05, 4.69) is 26.1 Å². The number of methoxy groups -OCH3 is 1. The Bertz CT molecular complexity index is 3350. The lowest BCUT2D eigenvalue weighted by Gasteiger charge is -2.25. The molecule has 0 radical (unpaired) electrons. The summed E-state index contributed by atoms with van der Waals surface area (Å²) in [6.45, 7) is 8.69. The van der Waals surface area contributed by atoms with Gasteiger partial charge < -0.3 is 46.0 Å². The van der Waals surface area contributed by atoms with Crippen molar-refractivity contribution < 1.29 is 47.8 Å². The number of anilines is 2. The summed E-state index contributed by atoms with van der Waals surface area (Å²) in [7, 11) is 3.02. The first-order valence-corrected chi connectivity index (χ1v) is 25.4. The standard InChI is InChI=1S/C52H64N16O10/c1-7-67-37(24-30(3)61-67)48(74)59-51-57-35-26-32(46(54)72)28-39(77-6)44(35)65(51)20-11-12-21-66-45-36(58-52(66)60-49(75)38-25-31(4)62-68(38)8-2)27-33(47(55)73)29-40(45)78-23-13-19-63(5)50(76)34(14-9-10-18-53)56-41(69)17-22-64-42(70)15-16-43(64)71/h11-12,15-16,24-29,34H,7-10,13-14,17-23,53H2,1-6H3,(H2,54,72)(H2,55,73)(H,56,69)(H,57,59,74)(H,58,60,75)/b12-11+/t34-/m0/s1. The van der Waals surface area contributed by atoms with E-state index in [9.17, 15) is 38.4 Å². The van der Waals surface area contributed by atoms with Gasteiger partial charge in [0.05, 0.1) is 36.1 Å². The molecule has 0 bridgehead atoms. The number of hydrogen-bond donors (Lipinski definition) is 6. The van der Waals surface area contributed by atoms with Gasteiger partial charge in [-0.15, -0.1) is 0 Å². The molecule has 1 aliphatic rings. The second-order valence-electron chi connectivity index (χ2n) is 18.3. The summed E-state index contributed by atoms with van der Waals surface area (Å²) in [6.07, 6.45) is 7.39. The molecule has 0 fully saturated rings. The van der Waals surface area contributed by atoms with Gasteiger partial charge in [0.15, 0.2) is 0 Å². The van der Waals surface area contributed by atoms with Crippen molar-refractivity contribution in [2.75, 3.05) is 51.0 Å². The van der Waals surface area contributed by atoms with E-state index < -0.39 is 47.4 Å². The fourth-order valence-corrected chi connectivity index (χ4v) is 8.93. The van der Waals surface area contributed by atoms with Crippen molar-refractivity contribution in [3.8, 4) is 11.5 Å². The van der Waals surface area contributed by atoms with Crippen molar-refractivity contribution in [3.63, 3.8) is 0 Å². The number of fused-ring (bicyclic) bond motifs is 2. The number of imidazole rings is 2. The van der Waals surface area contributed by atoms with Crippen LogP contribution < -0.4 is 42.6 Å². The Balaban J connectivity index is 1.17. The van der Waals surface area contributed by atoms with E-state index in [0.717, 1.165) is 17.1 Å². The number of carbonyl (C=O) groups is 8. The van der Waals surface area contributed by atoms with Gasteiger partial charge in [-0.1, -0.05) is 12.2 Å². The number of allylic oxidation sites excluding steroid dienone is 2. The molecular weight excluding hydrogens is 1010 g/mol. The van der Waals surface area contributed by atoms with Gasteiger partial charge in [0.2, 0.25) is 35.5 Å². The van der Waals surface area contributed by atoms with Crippen LogP contribution in [0.5, 0.6) is 11.5 Å². The van der Waals surface area contributed by atoms with Crippen LogP contribution in [0.15, 0.2) is 60.7 Å². The molecule has 26 nitrogen and oxygen atoms in total. The zero-order valence-corrected chi connectivity index (χ0v) is 44.3. The highest BCUT2D eigenvalue weighted by atomic mass is 16.5. The van der Waals surface area contributed by atoms with Crippen LogP contribution in [0.3, 0.4) is 0 Å². The number of likely N-dealkylation sites (N-methyl/N-ethyl adjacent to an activating group) is 1. The Morgan fingerprint density at radius 3 is 1.73 bits per heavy atom. The van der Waals surface area contributed by atoms with Gasteiger partial charge in [-0.3, -0.25) is 63.3 Å². The molecule has 9 N–H and O–H groups in total. The maximum atomic E-state index is 14.0. The molecule has 1 atom stereocenters. The minimum Gasteiger partial charge on any atom is -0.494 e. The highest BCUT2D eigenvalue weighted by Gasteiger charge is 2.28. The first-order chi connectivity index (χ1) is 37.3. The number of nitrogens with zero attached hydrogens (tertiary/aromatic N) is 10. The van der Waals surface area contributed by atoms with E-state index in [1.807, 2.05) is 13.8 Å². The number of primary amides is 2. The molecule has 5 heterocycles. The number of ether oxygens (including phenoxy) is 2. The van der Waals surface area contributed by atoms with E-state index in [-0.39, 0.29) is 97.3 Å². The summed E-state index contributed by atoms with van der Waals surface area (Å²) in [5.41, 5.74) is 20.7. The molecule has 0 unspecified atom stereocenters. The van der Waals surface area contributed by atoms with Crippen LogP contribution in [-0.2, 0) is 45.4 Å². The van der Waals surface area contributed by atoms with Gasteiger partial charge in [0.25, 0.3) is 23.6 Å². The van der Waals surface area contributed by atoms with E-state index in [1.54, 1.807) is 63.7 Å². The van der Waals surface area contributed by atoms with Crippen molar-refractivity contribution in [2.45, 2.75) is 92.0 Å². The molecule has 2 aromatic carbocycles. The van der Waals surface area contributed by atoms with Gasteiger partial charge in [0.1, 0.15) is 40.0 Å². The normalized spacial score (nSPS) is 12.7. The third-order valence-electron chi connectivity index (χ3n) is 12.8. The molecule has 26 heteroatoms. The van der Waals surface area contributed by atoms with Gasteiger partial charge >= 0.3 is 0 Å². The molecule has 8 amide bonds. The number of benzene rings is 2. The van der Waals surface area contributed by atoms with Crippen molar-refractivity contribution in [1.82, 2.24) is 53.8 Å². The fourth-order valence-electron chi connectivity index (χ4n) is 8.93. The Labute approximate surface area is 447 Å². The summed E-state index contributed by atoms with van der Waals surface area (Å²) in [5.74, 6) is -3.71. The number of rotatable bonds is 27. The SMILES string of the molecule is CCn1nc(C)cc1C(=O)Nc1nc2cc(C(N)=O)cc(OC)c2n1C/C=C/Cn1c(NC(=O)c2cc(C)nn2CC)nc2cc(C(N)=O)cc(OCCCN(C)C(=O)[C@H](CCCCN)NC(=O)CCN3C(=O)C=CC3=O)c21. The van der Waals surface area contributed by atoms with Crippen LogP contribution in [0.25, 0.3) is 22.1 Å². The molecule has 0 saturated heterocycles. The highest BCUT2D eigenvalue weighted by Crippen LogP contribution is 2.33. The number of imide groups is 1. The zero-order chi connectivity index (χ0) is 56.4. The second-order valence-corrected chi connectivity index (χ2v) is 18.3. The lowest BCUT2D eigenvalue weighted by molar-refractivity contribution is -0.138. The van der Waals surface area contributed by atoms with Crippen molar-refractivity contribution in [1.29, 1.82) is 0 Å². The Morgan fingerprint density at radius 2 is 1.24 bits per heavy atom. The quantitative estimate of drug-likeness (QED) is 0.0245. The predicted octanol–water partition coefficient (Wildman–Crippen LogP) is 2.56. The monoisotopic (exact) mass is 1070 g/mol. The topological polar surface area (TPSA) is 347 Å². The maximum absolute atomic E-state index is 14.0. The number of aryl methyl sites for hydroxylation is 4. The molecule has 78 heavy (non-hydrogen) atoms. The largest absolute Gasteiger partial charge is 0.494 e. The molecule has 0 spiro atoms. The number of amides is 8. The first-order valence-electron chi connectivity index (χ1n) is 25.4. The van der Waals surface area contributed by atoms with E-state index in [4.69, 9.17) is 36.6 Å². The average Bonchev–Trinajstić information content (AvgIpc) is 4.29. The second kappa shape index (κ2) is 25.1. The number of aromatic nitrogens is 8. The third-order valence-corrected chi connectivity index (χ3v) is 12.8. The van der Waals surface area contributed by atoms with Crippen molar-refractivity contribution >= 4 is 81.2 Å². The summed E-state index contributed by atoms with van der Waals surface area (Å²) >= 11 is 0. The number of carbonyl (C=O) groups excluding carboxylic acids is 8. The minimum absolute atomic E-state index is 0.0167. The van der Waals surface area contributed by atoms with Crippen LogP contribution >= 0.6 is 0 Å². The third kappa shape index (κ3) is 12.9. The molecular formula is C52H64N16O10. The molecule has 7 rings (SSSR count). The summed E-state index contributed by atoms with van der Waals surface area (Å²) < 4.78 is 18.6. The van der Waals surface area contributed by atoms with Crippen LogP contribution in [0.4, 0.5) is 11.9 Å². The lowest BCUT2D eigenvalue weighted by Crippen LogP contribution is -2.48. The zero-order valence-electron chi connectivity index (χ0n) is 44.3. The van der Waals surface area contributed by atoms with Gasteiger partial charge in [-0.25, -0.2) is 9.97 Å². The number of nitrogens with one attached hydrogen (secondary N) is 3. The summed E-state index contributed by atoms with van der Waals surface area (Å²) in [4.78, 5) is 116. The number of hydrogen-bond acceptors (Lipinski definition) is 15. The predicted molar refractivity (Wildman–Crippen MR) is 286 cm³/mol. The molecule has 412 valence electrons. The van der Waals surface area contributed by atoms with Crippen LogP contribution in [0.2, 0.25) is 0 Å². The van der Waals surface area contributed by atoms with Crippen molar-refractivity contribution in [2.24, 2.45) is 17.2 Å². The average molecular weight is 1070 g/mol. The number of nitrogens with two attached hydrogens (primary N) is 3. The Kier molecular flexibility index (Phi) is 18.2. The number of unbranched alkanes of at least 4 members (excludes halogenated alkanes) is 1.